The fourth-order valence-electron chi connectivity index (χ4n) is 3.27. The first-order chi connectivity index (χ1) is 13.1. The van der Waals surface area contributed by atoms with Crippen molar-refractivity contribution in [3.8, 4) is 0 Å². The molecule has 2 aromatic rings. The number of hydrogen-bond acceptors (Lipinski definition) is 3. The Bertz CT molecular complexity index is 786. The molecule has 1 saturated carbocycles. The Morgan fingerprint density at radius 1 is 1.04 bits per heavy atom. The molecule has 0 saturated heterocycles. The second kappa shape index (κ2) is 9.26. The van der Waals surface area contributed by atoms with Crippen molar-refractivity contribution < 1.29 is 14.0 Å². The van der Waals surface area contributed by atoms with Crippen molar-refractivity contribution in [2.75, 3.05) is 6.54 Å². The zero-order chi connectivity index (χ0) is 19.1. The molecular formula is C21H24FN3O2. The standard InChI is InChI=1S/C21H24FN3O2/c22-17-8-6-15(7-9-17)10-12-24-21(27)19-14-16(11-13-23-19)20(26)25-18-4-2-1-3-5-18/h6-9,11,13-14,18H,1-5,10,12H2,(H,24,27)(H,25,26). The van der Waals surface area contributed by atoms with Crippen molar-refractivity contribution >= 4 is 11.8 Å². The lowest BCUT2D eigenvalue weighted by Crippen LogP contribution is -2.36. The Labute approximate surface area is 158 Å². The van der Waals surface area contributed by atoms with E-state index in [0.29, 0.717) is 18.5 Å². The summed E-state index contributed by atoms with van der Waals surface area (Å²) in [6, 6.07) is 9.53. The van der Waals surface area contributed by atoms with Gasteiger partial charge in [-0.2, -0.15) is 0 Å². The van der Waals surface area contributed by atoms with Gasteiger partial charge in [-0.1, -0.05) is 31.4 Å². The molecule has 27 heavy (non-hydrogen) atoms. The van der Waals surface area contributed by atoms with Crippen LogP contribution in [0.4, 0.5) is 4.39 Å². The fraction of sp³-hybridized carbons (Fsp3) is 0.381. The molecule has 142 valence electrons. The van der Waals surface area contributed by atoms with Crippen LogP contribution in [0, 0.1) is 5.82 Å². The molecule has 1 heterocycles. The highest BCUT2D eigenvalue weighted by molar-refractivity contribution is 5.98. The first-order valence-corrected chi connectivity index (χ1v) is 9.41. The summed E-state index contributed by atoms with van der Waals surface area (Å²) in [5.41, 5.74) is 1.59. The zero-order valence-corrected chi connectivity index (χ0v) is 15.2. The zero-order valence-electron chi connectivity index (χ0n) is 15.2. The van der Waals surface area contributed by atoms with Crippen molar-refractivity contribution in [1.82, 2.24) is 15.6 Å². The molecule has 0 spiro atoms. The second-order valence-electron chi connectivity index (χ2n) is 6.87. The van der Waals surface area contributed by atoms with E-state index in [1.165, 1.54) is 30.8 Å². The van der Waals surface area contributed by atoms with Gasteiger partial charge in [-0.15, -0.1) is 0 Å². The average molecular weight is 369 g/mol. The predicted octanol–water partition coefficient (Wildman–Crippen LogP) is 3.26. The third-order valence-corrected chi connectivity index (χ3v) is 4.81. The summed E-state index contributed by atoms with van der Waals surface area (Å²) in [5, 5.41) is 5.82. The summed E-state index contributed by atoms with van der Waals surface area (Å²) >= 11 is 0. The Morgan fingerprint density at radius 3 is 2.52 bits per heavy atom. The molecule has 1 fully saturated rings. The van der Waals surface area contributed by atoms with Crippen LogP contribution in [0.5, 0.6) is 0 Å². The minimum absolute atomic E-state index is 0.162. The van der Waals surface area contributed by atoms with Crippen molar-refractivity contribution in [1.29, 1.82) is 0 Å². The van der Waals surface area contributed by atoms with E-state index in [2.05, 4.69) is 15.6 Å². The molecule has 1 aromatic heterocycles. The van der Waals surface area contributed by atoms with Crippen LogP contribution in [-0.2, 0) is 6.42 Å². The van der Waals surface area contributed by atoms with E-state index in [1.54, 1.807) is 18.2 Å². The highest BCUT2D eigenvalue weighted by Crippen LogP contribution is 2.18. The van der Waals surface area contributed by atoms with Crippen LogP contribution >= 0.6 is 0 Å². The first-order valence-electron chi connectivity index (χ1n) is 9.41. The number of aromatic nitrogens is 1. The highest BCUT2D eigenvalue weighted by atomic mass is 19.1. The van der Waals surface area contributed by atoms with Gasteiger partial charge in [0.15, 0.2) is 0 Å². The second-order valence-corrected chi connectivity index (χ2v) is 6.87. The SMILES string of the molecule is O=C(NC1CCCCC1)c1ccnc(C(=O)NCCc2ccc(F)cc2)c1. The number of pyridine rings is 1. The average Bonchev–Trinajstić information content (AvgIpc) is 2.70. The maximum atomic E-state index is 12.9. The molecular weight excluding hydrogens is 345 g/mol. The van der Waals surface area contributed by atoms with E-state index >= 15 is 0 Å². The van der Waals surface area contributed by atoms with Gasteiger partial charge in [0.2, 0.25) is 0 Å². The van der Waals surface area contributed by atoms with Gasteiger partial charge in [0.25, 0.3) is 11.8 Å². The summed E-state index contributed by atoms with van der Waals surface area (Å²) in [7, 11) is 0. The number of rotatable bonds is 6. The quantitative estimate of drug-likeness (QED) is 0.821. The molecule has 2 amide bonds. The maximum absolute atomic E-state index is 12.9. The number of carbonyl (C=O) groups excluding carboxylic acids is 2. The van der Waals surface area contributed by atoms with Crippen LogP contribution in [0.1, 0.15) is 58.5 Å². The van der Waals surface area contributed by atoms with Gasteiger partial charge < -0.3 is 10.6 Å². The van der Waals surface area contributed by atoms with Crippen LogP contribution in [0.3, 0.4) is 0 Å². The van der Waals surface area contributed by atoms with Crippen LogP contribution in [0.25, 0.3) is 0 Å². The number of halogens is 1. The molecule has 0 radical (unpaired) electrons. The Hall–Kier alpha value is -2.76. The first kappa shape index (κ1) is 19.0. The number of benzene rings is 1. The molecule has 0 unspecified atom stereocenters. The van der Waals surface area contributed by atoms with Gasteiger partial charge in [-0.3, -0.25) is 14.6 Å². The lowest BCUT2D eigenvalue weighted by molar-refractivity contribution is 0.0927. The lowest BCUT2D eigenvalue weighted by atomic mass is 9.95. The molecule has 2 N–H and O–H groups in total. The molecule has 6 heteroatoms. The van der Waals surface area contributed by atoms with Crippen LogP contribution in [0.2, 0.25) is 0 Å². The molecule has 1 aromatic carbocycles. The van der Waals surface area contributed by atoms with E-state index < -0.39 is 0 Å². The lowest BCUT2D eigenvalue weighted by Gasteiger charge is -2.22. The van der Waals surface area contributed by atoms with Crippen molar-refractivity contribution in [3.63, 3.8) is 0 Å². The van der Waals surface area contributed by atoms with Gasteiger partial charge in [-0.25, -0.2) is 4.39 Å². The highest BCUT2D eigenvalue weighted by Gasteiger charge is 2.17. The van der Waals surface area contributed by atoms with Crippen LogP contribution in [-0.4, -0.2) is 29.4 Å². The predicted molar refractivity (Wildman–Crippen MR) is 101 cm³/mol. The summed E-state index contributed by atoms with van der Waals surface area (Å²) in [6.07, 6.45) is 7.59. The number of nitrogens with zero attached hydrogens (tertiary/aromatic N) is 1. The molecule has 1 aliphatic carbocycles. The fourth-order valence-corrected chi connectivity index (χ4v) is 3.27. The molecule has 0 bridgehead atoms. The van der Waals surface area contributed by atoms with E-state index in [9.17, 15) is 14.0 Å². The number of carbonyl (C=O) groups is 2. The summed E-state index contributed by atoms with van der Waals surface area (Å²) in [6.45, 7) is 0.407. The van der Waals surface area contributed by atoms with Crippen molar-refractivity contribution in [3.05, 3.63) is 65.2 Å². The van der Waals surface area contributed by atoms with Crippen molar-refractivity contribution in [2.24, 2.45) is 0 Å². The third-order valence-electron chi connectivity index (χ3n) is 4.81. The summed E-state index contributed by atoms with van der Waals surface area (Å²) in [4.78, 5) is 28.8. The number of nitrogens with one attached hydrogen (secondary N) is 2. The van der Waals surface area contributed by atoms with Crippen molar-refractivity contribution in [2.45, 2.75) is 44.6 Å². The Morgan fingerprint density at radius 2 is 1.78 bits per heavy atom. The number of hydrogen-bond donors (Lipinski definition) is 2. The molecule has 5 nitrogen and oxygen atoms in total. The monoisotopic (exact) mass is 369 g/mol. The van der Waals surface area contributed by atoms with Gasteiger partial charge in [0.1, 0.15) is 11.5 Å². The minimum Gasteiger partial charge on any atom is -0.350 e. The van der Waals surface area contributed by atoms with E-state index in [1.807, 2.05) is 0 Å². The van der Waals surface area contributed by atoms with Gasteiger partial charge in [-0.05, 0) is 49.1 Å². The Balaban J connectivity index is 1.53. The molecule has 3 rings (SSSR count). The molecule has 0 atom stereocenters. The smallest absolute Gasteiger partial charge is 0.269 e. The largest absolute Gasteiger partial charge is 0.350 e. The Kier molecular flexibility index (Phi) is 6.52. The number of amides is 2. The molecule has 0 aliphatic heterocycles. The topological polar surface area (TPSA) is 71.1 Å². The van der Waals surface area contributed by atoms with Crippen LogP contribution < -0.4 is 10.6 Å². The maximum Gasteiger partial charge on any atom is 0.269 e. The normalized spacial score (nSPS) is 14.6. The van der Waals surface area contributed by atoms with E-state index in [-0.39, 0.29) is 29.4 Å². The van der Waals surface area contributed by atoms with Gasteiger partial charge in [0, 0.05) is 24.3 Å². The van der Waals surface area contributed by atoms with Gasteiger partial charge >= 0.3 is 0 Å². The van der Waals surface area contributed by atoms with E-state index in [4.69, 9.17) is 0 Å². The van der Waals surface area contributed by atoms with Crippen LogP contribution in [0.15, 0.2) is 42.6 Å². The van der Waals surface area contributed by atoms with Gasteiger partial charge in [0.05, 0.1) is 0 Å². The summed E-state index contributed by atoms with van der Waals surface area (Å²) in [5.74, 6) is -0.774. The summed E-state index contributed by atoms with van der Waals surface area (Å²) < 4.78 is 12.9. The minimum atomic E-state index is -0.329. The molecule has 1 aliphatic rings. The third kappa shape index (κ3) is 5.61. The van der Waals surface area contributed by atoms with E-state index in [0.717, 1.165) is 31.2 Å².